The zero-order chi connectivity index (χ0) is 9.80. The molecular formula is C10H13N3O. The van der Waals surface area contributed by atoms with E-state index in [4.69, 9.17) is 5.11 Å². The number of hydrogen-bond acceptors (Lipinski definition) is 2. The summed E-state index contributed by atoms with van der Waals surface area (Å²) in [7, 11) is 0. The van der Waals surface area contributed by atoms with Gasteiger partial charge in [0, 0.05) is 31.3 Å². The standard InChI is InChI=1S/C10H13N3O/c14-9-10-2-5-12(8-10)6-7-13-4-1-3-11-13/h1-5,8,14H,6-7,9H2. The van der Waals surface area contributed by atoms with E-state index in [1.54, 1.807) is 6.20 Å². The number of aryl methyl sites for hydroxylation is 2. The van der Waals surface area contributed by atoms with Gasteiger partial charge in [0.05, 0.1) is 13.2 Å². The van der Waals surface area contributed by atoms with Crippen LogP contribution in [0.25, 0.3) is 0 Å². The molecule has 0 aromatic carbocycles. The van der Waals surface area contributed by atoms with Crippen molar-refractivity contribution in [1.82, 2.24) is 14.3 Å². The molecule has 0 saturated heterocycles. The van der Waals surface area contributed by atoms with Gasteiger partial charge in [-0.25, -0.2) is 0 Å². The number of aliphatic hydroxyl groups excluding tert-OH is 1. The lowest BCUT2D eigenvalue weighted by atomic mass is 10.4. The lowest BCUT2D eigenvalue weighted by Crippen LogP contribution is -2.05. The first-order valence-corrected chi connectivity index (χ1v) is 4.61. The number of aromatic nitrogens is 3. The Morgan fingerprint density at radius 1 is 1.29 bits per heavy atom. The highest BCUT2D eigenvalue weighted by Gasteiger charge is 1.95. The lowest BCUT2D eigenvalue weighted by Gasteiger charge is -2.02. The molecule has 0 aliphatic rings. The van der Waals surface area contributed by atoms with Gasteiger partial charge in [0.25, 0.3) is 0 Å². The molecule has 0 bridgehead atoms. The topological polar surface area (TPSA) is 43.0 Å². The van der Waals surface area contributed by atoms with Gasteiger partial charge in [-0.1, -0.05) is 0 Å². The SMILES string of the molecule is OCc1ccn(CCn2cccn2)c1. The van der Waals surface area contributed by atoms with Crippen molar-refractivity contribution in [3.05, 3.63) is 42.5 Å². The van der Waals surface area contributed by atoms with Crippen molar-refractivity contribution in [1.29, 1.82) is 0 Å². The average molecular weight is 191 g/mol. The maximum absolute atomic E-state index is 8.87. The molecule has 2 rings (SSSR count). The first-order chi connectivity index (χ1) is 6.88. The van der Waals surface area contributed by atoms with Crippen LogP contribution in [0.15, 0.2) is 36.9 Å². The molecule has 0 fully saturated rings. The van der Waals surface area contributed by atoms with Gasteiger partial charge in [-0.2, -0.15) is 5.10 Å². The first kappa shape index (κ1) is 9.02. The van der Waals surface area contributed by atoms with E-state index in [1.807, 2.05) is 40.0 Å². The van der Waals surface area contributed by atoms with Gasteiger partial charge in [0.2, 0.25) is 0 Å². The quantitative estimate of drug-likeness (QED) is 0.779. The van der Waals surface area contributed by atoms with E-state index in [0.29, 0.717) is 0 Å². The van der Waals surface area contributed by atoms with Crippen LogP contribution in [0.3, 0.4) is 0 Å². The third-order valence-electron chi connectivity index (χ3n) is 2.14. The highest BCUT2D eigenvalue weighted by atomic mass is 16.3. The van der Waals surface area contributed by atoms with Gasteiger partial charge < -0.3 is 9.67 Å². The molecule has 0 aliphatic carbocycles. The van der Waals surface area contributed by atoms with Gasteiger partial charge in [-0.3, -0.25) is 4.68 Å². The maximum Gasteiger partial charge on any atom is 0.0696 e. The molecule has 0 aliphatic heterocycles. The van der Waals surface area contributed by atoms with Gasteiger partial charge >= 0.3 is 0 Å². The number of aliphatic hydroxyl groups is 1. The molecule has 0 unspecified atom stereocenters. The van der Waals surface area contributed by atoms with E-state index < -0.39 is 0 Å². The molecule has 0 atom stereocenters. The van der Waals surface area contributed by atoms with Crippen molar-refractivity contribution in [2.75, 3.05) is 0 Å². The third-order valence-corrected chi connectivity index (χ3v) is 2.14. The molecule has 0 radical (unpaired) electrons. The number of nitrogens with zero attached hydrogens (tertiary/aromatic N) is 3. The van der Waals surface area contributed by atoms with Crippen LogP contribution in [0.1, 0.15) is 5.56 Å². The summed E-state index contributed by atoms with van der Waals surface area (Å²) in [6, 6.07) is 3.83. The monoisotopic (exact) mass is 191 g/mol. The molecule has 0 amide bonds. The fraction of sp³-hybridized carbons (Fsp3) is 0.300. The summed E-state index contributed by atoms with van der Waals surface area (Å²) >= 11 is 0. The van der Waals surface area contributed by atoms with Crippen LogP contribution >= 0.6 is 0 Å². The summed E-state index contributed by atoms with van der Waals surface area (Å²) < 4.78 is 3.94. The molecule has 0 saturated carbocycles. The zero-order valence-corrected chi connectivity index (χ0v) is 7.87. The molecule has 14 heavy (non-hydrogen) atoms. The summed E-state index contributed by atoms with van der Waals surface area (Å²) in [4.78, 5) is 0. The van der Waals surface area contributed by atoms with E-state index in [9.17, 15) is 0 Å². The van der Waals surface area contributed by atoms with Crippen LogP contribution in [0.4, 0.5) is 0 Å². The first-order valence-electron chi connectivity index (χ1n) is 4.61. The van der Waals surface area contributed by atoms with Crippen molar-refractivity contribution >= 4 is 0 Å². The van der Waals surface area contributed by atoms with Gasteiger partial charge in [0.1, 0.15) is 0 Å². The molecule has 0 spiro atoms. The highest BCUT2D eigenvalue weighted by Crippen LogP contribution is 2.01. The minimum Gasteiger partial charge on any atom is -0.392 e. The van der Waals surface area contributed by atoms with Crippen LogP contribution in [-0.2, 0) is 19.7 Å². The van der Waals surface area contributed by atoms with Gasteiger partial charge in [0.15, 0.2) is 0 Å². The molecule has 4 heteroatoms. The Hall–Kier alpha value is -1.55. The minimum atomic E-state index is 0.106. The second kappa shape index (κ2) is 4.11. The van der Waals surface area contributed by atoms with Crippen LogP contribution in [-0.4, -0.2) is 19.5 Å². The Labute approximate surface area is 82.4 Å². The molecule has 1 N–H and O–H groups in total. The summed E-state index contributed by atoms with van der Waals surface area (Å²) in [5.41, 5.74) is 0.950. The van der Waals surface area contributed by atoms with Crippen LogP contribution < -0.4 is 0 Å². The predicted octanol–water partition coefficient (Wildman–Crippen LogP) is 0.877. The lowest BCUT2D eigenvalue weighted by molar-refractivity contribution is 0.281. The second-order valence-corrected chi connectivity index (χ2v) is 3.18. The minimum absolute atomic E-state index is 0.106. The predicted molar refractivity (Wildman–Crippen MR) is 52.6 cm³/mol. The van der Waals surface area contributed by atoms with Gasteiger partial charge in [-0.15, -0.1) is 0 Å². The Bertz CT molecular complexity index is 378. The third kappa shape index (κ3) is 2.03. The number of hydrogen-bond donors (Lipinski definition) is 1. The summed E-state index contributed by atoms with van der Waals surface area (Å²) in [5, 5.41) is 13.0. The van der Waals surface area contributed by atoms with Crippen LogP contribution in [0.2, 0.25) is 0 Å². The summed E-state index contributed by atoms with van der Waals surface area (Å²) in [6.07, 6.45) is 7.63. The molecule has 2 aromatic rings. The van der Waals surface area contributed by atoms with E-state index in [1.165, 1.54) is 0 Å². The highest BCUT2D eigenvalue weighted by molar-refractivity contribution is 5.08. The Balaban J connectivity index is 1.92. The summed E-state index contributed by atoms with van der Waals surface area (Å²) in [6.45, 7) is 1.84. The smallest absolute Gasteiger partial charge is 0.0696 e. The van der Waals surface area contributed by atoms with Crippen LogP contribution in [0.5, 0.6) is 0 Å². The molecular weight excluding hydrogens is 178 g/mol. The van der Waals surface area contributed by atoms with E-state index >= 15 is 0 Å². The van der Waals surface area contributed by atoms with Crippen LogP contribution in [0, 0.1) is 0 Å². The van der Waals surface area contributed by atoms with E-state index in [0.717, 1.165) is 18.7 Å². The van der Waals surface area contributed by atoms with Crippen molar-refractivity contribution in [2.45, 2.75) is 19.7 Å². The fourth-order valence-corrected chi connectivity index (χ4v) is 1.37. The largest absolute Gasteiger partial charge is 0.392 e. The maximum atomic E-state index is 8.87. The van der Waals surface area contributed by atoms with Crippen molar-refractivity contribution in [3.63, 3.8) is 0 Å². The Morgan fingerprint density at radius 2 is 2.21 bits per heavy atom. The fourth-order valence-electron chi connectivity index (χ4n) is 1.37. The van der Waals surface area contributed by atoms with E-state index in [-0.39, 0.29) is 6.61 Å². The Morgan fingerprint density at radius 3 is 2.86 bits per heavy atom. The molecule has 2 aromatic heterocycles. The van der Waals surface area contributed by atoms with E-state index in [2.05, 4.69) is 5.10 Å². The Kier molecular flexibility index (Phi) is 2.65. The average Bonchev–Trinajstić information content (AvgIpc) is 2.86. The molecule has 2 heterocycles. The van der Waals surface area contributed by atoms with Crippen molar-refractivity contribution < 1.29 is 5.11 Å². The molecule has 74 valence electrons. The normalized spacial score (nSPS) is 10.6. The van der Waals surface area contributed by atoms with Crippen molar-refractivity contribution in [2.24, 2.45) is 0 Å². The summed E-state index contributed by atoms with van der Waals surface area (Å²) in [5.74, 6) is 0. The second-order valence-electron chi connectivity index (χ2n) is 3.18. The van der Waals surface area contributed by atoms with Crippen molar-refractivity contribution in [3.8, 4) is 0 Å². The number of rotatable bonds is 4. The van der Waals surface area contributed by atoms with Gasteiger partial charge in [-0.05, 0) is 17.7 Å². The zero-order valence-electron chi connectivity index (χ0n) is 7.87. The molecule has 4 nitrogen and oxygen atoms in total.